The second kappa shape index (κ2) is 6.50. The summed E-state index contributed by atoms with van der Waals surface area (Å²) in [5.41, 5.74) is 6.96. The minimum Gasteiger partial charge on any atom is -0.389 e. The van der Waals surface area contributed by atoms with Crippen LogP contribution in [0, 0.1) is 0 Å². The molecule has 1 amide bonds. The fourth-order valence-corrected chi connectivity index (χ4v) is 1.93. The highest BCUT2D eigenvalue weighted by molar-refractivity contribution is 7.80. The summed E-state index contributed by atoms with van der Waals surface area (Å²) in [6, 6.07) is 7.38. The Morgan fingerprint density at radius 2 is 2.00 bits per heavy atom. The fraction of sp³-hybridized carbons (Fsp3) is 0.429. The summed E-state index contributed by atoms with van der Waals surface area (Å²) in [6.45, 7) is 6.86. The number of carbonyl (C=O) groups excluding carboxylic acids is 1. The van der Waals surface area contributed by atoms with Crippen molar-refractivity contribution in [1.82, 2.24) is 4.90 Å². The molecule has 2 N–H and O–H groups in total. The van der Waals surface area contributed by atoms with Crippen LogP contribution in [0.2, 0.25) is 0 Å². The second-order valence-electron chi connectivity index (χ2n) is 4.54. The van der Waals surface area contributed by atoms with Crippen molar-refractivity contribution in [3.05, 3.63) is 35.4 Å². The lowest BCUT2D eigenvalue weighted by Gasteiger charge is -2.26. The van der Waals surface area contributed by atoms with Gasteiger partial charge < -0.3 is 10.6 Å². The van der Waals surface area contributed by atoms with Gasteiger partial charge in [0, 0.05) is 23.7 Å². The van der Waals surface area contributed by atoms with Crippen LogP contribution in [-0.4, -0.2) is 28.4 Å². The van der Waals surface area contributed by atoms with Crippen molar-refractivity contribution in [2.45, 2.75) is 33.2 Å². The number of amides is 1. The molecule has 0 spiro atoms. The molecule has 0 unspecified atom stereocenters. The molecule has 3 nitrogen and oxygen atoms in total. The molecule has 18 heavy (non-hydrogen) atoms. The highest BCUT2D eigenvalue weighted by Crippen LogP contribution is 2.11. The summed E-state index contributed by atoms with van der Waals surface area (Å²) in [5.74, 6) is 0.0324. The minimum absolute atomic E-state index is 0.0324. The van der Waals surface area contributed by atoms with Gasteiger partial charge in [-0.1, -0.05) is 31.3 Å². The van der Waals surface area contributed by atoms with Gasteiger partial charge in [0.15, 0.2) is 0 Å². The third-order valence-corrected chi connectivity index (χ3v) is 2.98. The molecule has 0 aliphatic heterocycles. The molecule has 0 heterocycles. The number of hydrogen-bond donors (Lipinski definition) is 1. The summed E-state index contributed by atoms with van der Waals surface area (Å²) in [6.07, 6.45) is 0.943. The zero-order valence-electron chi connectivity index (χ0n) is 11.1. The lowest BCUT2D eigenvalue weighted by Crippen LogP contribution is -2.37. The molecule has 1 aromatic rings. The number of thiocarbonyl (C=S) groups is 1. The SMILES string of the molecule is CCCN(C(=O)c1cccc(C(N)=S)c1)C(C)C. The zero-order valence-corrected chi connectivity index (χ0v) is 12.0. The van der Waals surface area contributed by atoms with Crippen LogP contribution in [0.3, 0.4) is 0 Å². The highest BCUT2D eigenvalue weighted by Gasteiger charge is 2.18. The smallest absolute Gasteiger partial charge is 0.254 e. The Labute approximate surface area is 114 Å². The van der Waals surface area contributed by atoms with Gasteiger partial charge in [-0.3, -0.25) is 4.79 Å². The number of nitrogens with zero attached hydrogens (tertiary/aromatic N) is 1. The zero-order chi connectivity index (χ0) is 13.7. The van der Waals surface area contributed by atoms with Crippen molar-refractivity contribution in [3.63, 3.8) is 0 Å². The molecule has 0 aromatic heterocycles. The van der Waals surface area contributed by atoms with Gasteiger partial charge in [0.1, 0.15) is 4.99 Å². The molecule has 98 valence electrons. The predicted molar refractivity (Wildman–Crippen MR) is 78.8 cm³/mol. The maximum Gasteiger partial charge on any atom is 0.254 e. The van der Waals surface area contributed by atoms with Gasteiger partial charge in [-0.25, -0.2) is 0 Å². The van der Waals surface area contributed by atoms with Crippen LogP contribution < -0.4 is 5.73 Å². The first kappa shape index (κ1) is 14.6. The van der Waals surface area contributed by atoms with E-state index in [-0.39, 0.29) is 11.9 Å². The van der Waals surface area contributed by atoms with Crippen LogP contribution >= 0.6 is 12.2 Å². The Kier molecular flexibility index (Phi) is 5.28. The van der Waals surface area contributed by atoms with Crippen molar-refractivity contribution < 1.29 is 4.79 Å². The largest absolute Gasteiger partial charge is 0.389 e. The first-order valence-electron chi connectivity index (χ1n) is 6.18. The Bertz CT molecular complexity index is 443. The third kappa shape index (κ3) is 3.53. The number of nitrogens with two attached hydrogens (primary N) is 1. The monoisotopic (exact) mass is 264 g/mol. The minimum atomic E-state index is 0.0324. The molecule has 4 heteroatoms. The molecular formula is C14H20N2OS. The van der Waals surface area contributed by atoms with E-state index in [4.69, 9.17) is 18.0 Å². The van der Waals surface area contributed by atoms with Gasteiger partial charge in [-0.15, -0.1) is 0 Å². The van der Waals surface area contributed by atoms with Crippen molar-refractivity contribution >= 4 is 23.1 Å². The average Bonchev–Trinajstić information content (AvgIpc) is 2.35. The van der Waals surface area contributed by atoms with Crippen LogP contribution in [0.15, 0.2) is 24.3 Å². The Morgan fingerprint density at radius 1 is 1.39 bits per heavy atom. The molecule has 1 rings (SSSR count). The highest BCUT2D eigenvalue weighted by atomic mass is 32.1. The summed E-state index contributed by atoms with van der Waals surface area (Å²) in [4.78, 5) is 14.6. The number of carbonyl (C=O) groups is 1. The maximum absolute atomic E-state index is 12.4. The average molecular weight is 264 g/mol. The van der Waals surface area contributed by atoms with Gasteiger partial charge >= 0.3 is 0 Å². The van der Waals surface area contributed by atoms with Gasteiger partial charge in [-0.05, 0) is 32.4 Å². The maximum atomic E-state index is 12.4. The molecule has 0 atom stereocenters. The lowest BCUT2D eigenvalue weighted by atomic mass is 10.1. The number of benzene rings is 1. The van der Waals surface area contributed by atoms with Crippen LogP contribution in [0.4, 0.5) is 0 Å². The van der Waals surface area contributed by atoms with E-state index in [1.807, 2.05) is 30.9 Å². The van der Waals surface area contributed by atoms with E-state index in [1.165, 1.54) is 0 Å². The van der Waals surface area contributed by atoms with Gasteiger partial charge in [0.25, 0.3) is 5.91 Å². The first-order chi connectivity index (χ1) is 8.47. The van der Waals surface area contributed by atoms with E-state index >= 15 is 0 Å². The second-order valence-corrected chi connectivity index (χ2v) is 4.98. The van der Waals surface area contributed by atoms with Crippen LogP contribution in [-0.2, 0) is 0 Å². The normalized spacial score (nSPS) is 10.4. The third-order valence-electron chi connectivity index (χ3n) is 2.74. The fourth-order valence-electron chi connectivity index (χ4n) is 1.81. The van der Waals surface area contributed by atoms with E-state index in [0.29, 0.717) is 10.6 Å². The summed E-state index contributed by atoms with van der Waals surface area (Å²) >= 11 is 4.93. The molecule has 0 saturated carbocycles. The van der Waals surface area contributed by atoms with Crippen molar-refractivity contribution in [2.24, 2.45) is 5.73 Å². The molecule has 0 bridgehead atoms. The van der Waals surface area contributed by atoms with E-state index in [9.17, 15) is 4.79 Å². The Morgan fingerprint density at radius 3 is 2.50 bits per heavy atom. The summed E-state index contributed by atoms with van der Waals surface area (Å²) < 4.78 is 0. The Balaban J connectivity index is 3.01. The van der Waals surface area contributed by atoms with E-state index in [1.54, 1.807) is 12.1 Å². The van der Waals surface area contributed by atoms with Crippen molar-refractivity contribution in [2.75, 3.05) is 6.54 Å². The van der Waals surface area contributed by atoms with Crippen LogP contribution in [0.5, 0.6) is 0 Å². The first-order valence-corrected chi connectivity index (χ1v) is 6.59. The van der Waals surface area contributed by atoms with Gasteiger partial charge in [-0.2, -0.15) is 0 Å². The van der Waals surface area contributed by atoms with Gasteiger partial charge in [0.2, 0.25) is 0 Å². The predicted octanol–water partition coefficient (Wildman–Crippen LogP) is 2.58. The van der Waals surface area contributed by atoms with E-state index in [2.05, 4.69) is 6.92 Å². The van der Waals surface area contributed by atoms with Crippen LogP contribution in [0.1, 0.15) is 43.1 Å². The van der Waals surface area contributed by atoms with Crippen molar-refractivity contribution in [1.29, 1.82) is 0 Å². The van der Waals surface area contributed by atoms with Crippen LogP contribution in [0.25, 0.3) is 0 Å². The molecule has 1 aromatic carbocycles. The lowest BCUT2D eigenvalue weighted by molar-refractivity contribution is 0.0706. The quantitative estimate of drug-likeness (QED) is 0.831. The number of rotatable bonds is 5. The topological polar surface area (TPSA) is 46.3 Å². The van der Waals surface area contributed by atoms with E-state index in [0.717, 1.165) is 18.5 Å². The summed E-state index contributed by atoms with van der Waals surface area (Å²) in [5, 5.41) is 0. The molecular weight excluding hydrogens is 244 g/mol. The molecule has 0 radical (unpaired) electrons. The molecule has 0 aliphatic carbocycles. The molecule has 0 fully saturated rings. The standard InChI is InChI=1S/C14H20N2OS/c1-4-8-16(10(2)3)14(17)12-7-5-6-11(9-12)13(15)18/h5-7,9-10H,4,8H2,1-3H3,(H2,15,18). The molecule has 0 aliphatic rings. The summed E-state index contributed by atoms with van der Waals surface area (Å²) in [7, 11) is 0. The molecule has 0 saturated heterocycles. The number of hydrogen-bond acceptors (Lipinski definition) is 2. The van der Waals surface area contributed by atoms with Crippen molar-refractivity contribution in [3.8, 4) is 0 Å². The van der Waals surface area contributed by atoms with Gasteiger partial charge in [0.05, 0.1) is 0 Å². The Hall–Kier alpha value is -1.42. The van der Waals surface area contributed by atoms with E-state index < -0.39 is 0 Å².